The number of halogens is 1. The van der Waals surface area contributed by atoms with Gasteiger partial charge in [0.2, 0.25) is 0 Å². The largest absolute Gasteiger partial charge is 0.383 e. The Labute approximate surface area is 125 Å². The van der Waals surface area contributed by atoms with Crippen molar-refractivity contribution >= 4 is 21.6 Å². The second-order valence-electron chi connectivity index (χ2n) is 4.65. The summed E-state index contributed by atoms with van der Waals surface area (Å²) < 4.78 is 6.35. The number of hydrogen-bond donors (Lipinski definition) is 1. The second kappa shape index (κ2) is 8.56. The molecule has 4 heteroatoms. The summed E-state index contributed by atoms with van der Waals surface area (Å²) in [7, 11) is 1.75. The third kappa shape index (κ3) is 4.48. The molecule has 108 valence electrons. The second-order valence-corrected chi connectivity index (χ2v) is 5.50. The standard InChI is InChI=1S/C15H25BrN2O/c1-4-13(5-2)18(8-9-19-3)15-7-6-12(11-17)10-14(15)16/h6-7,10,13H,4-5,8-9,11,17H2,1-3H3. The number of anilines is 1. The topological polar surface area (TPSA) is 38.5 Å². The van der Waals surface area contributed by atoms with Crippen molar-refractivity contribution in [1.82, 2.24) is 0 Å². The fourth-order valence-corrected chi connectivity index (χ4v) is 2.98. The normalized spacial score (nSPS) is 11.1. The lowest BCUT2D eigenvalue weighted by Gasteiger charge is -2.33. The highest BCUT2D eigenvalue weighted by molar-refractivity contribution is 9.10. The van der Waals surface area contributed by atoms with Gasteiger partial charge in [0.25, 0.3) is 0 Å². The molecule has 0 spiro atoms. The van der Waals surface area contributed by atoms with Crippen molar-refractivity contribution in [3.63, 3.8) is 0 Å². The van der Waals surface area contributed by atoms with Gasteiger partial charge in [-0.3, -0.25) is 0 Å². The zero-order valence-electron chi connectivity index (χ0n) is 12.2. The molecule has 0 aliphatic carbocycles. The first-order valence-corrected chi connectivity index (χ1v) is 7.71. The summed E-state index contributed by atoms with van der Waals surface area (Å²) in [4.78, 5) is 2.42. The van der Waals surface area contributed by atoms with E-state index in [0.717, 1.165) is 36.0 Å². The molecule has 1 rings (SSSR count). The molecule has 0 saturated carbocycles. The predicted octanol–water partition coefficient (Wildman–Crippen LogP) is 3.55. The maximum absolute atomic E-state index is 5.68. The molecule has 0 bridgehead atoms. The Morgan fingerprint density at radius 1 is 1.32 bits per heavy atom. The van der Waals surface area contributed by atoms with Gasteiger partial charge in [-0.15, -0.1) is 0 Å². The van der Waals surface area contributed by atoms with Crippen molar-refractivity contribution in [2.24, 2.45) is 5.73 Å². The molecule has 1 aromatic rings. The first-order valence-electron chi connectivity index (χ1n) is 6.91. The van der Waals surface area contributed by atoms with Gasteiger partial charge in [-0.05, 0) is 46.5 Å². The van der Waals surface area contributed by atoms with E-state index in [-0.39, 0.29) is 0 Å². The van der Waals surface area contributed by atoms with Crippen molar-refractivity contribution in [2.75, 3.05) is 25.2 Å². The van der Waals surface area contributed by atoms with Crippen molar-refractivity contribution in [3.05, 3.63) is 28.2 Å². The van der Waals surface area contributed by atoms with Crippen LogP contribution in [-0.4, -0.2) is 26.3 Å². The molecule has 0 aromatic heterocycles. The van der Waals surface area contributed by atoms with E-state index < -0.39 is 0 Å². The lowest BCUT2D eigenvalue weighted by atomic mass is 10.1. The molecule has 19 heavy (non-hydrogen) atoms. The Morgan fingerprint density at radius 2 is 2.00 bits per heavy atom. The van der Waals surface area contributed by atoms with Crippen LogP contribution >= 0.6 is 15.9 Å². The van der Waals surface area contributed by atoms with Crippen LogP contribution in [0.4, 0.5) is 5.69 Å². The molecule has 1 aromatic carbocycles. The maximum atomic E-state index is 5.68. The van der Waals surface area contributed by atoms with Gasteiger partial charge in [-0.1, -0.05) is 19.9 Å². The number of rotatable bonds is 8. The highest BCUT2D eigenvalue weighted by Gasteiger charge is 2.17. The average Bonchev–Trinajstić information content (AvgIpc) is 2.44. The zero-order valence-corrected chi connectivity index (χ0v) is 13.7. The van der Waals surface area contributed by atoms with Crippen LogP contribution in [0.25, 0.3) is 0 Å². The van der Waals surface area contributed by atoms with Crippen molar-refractivity contribution in [1.29, 1.82) is 0 Å². The minimum atomic E-state index is 0.537. The van der Waals surface area contributed by atoms with Gasteiger partial charge in [0.05, 0.1) is 12.3 Å². The van der Waals surface area contributed by atoms with E-state index in [1.165, 1.54) is 5.69 Å². The summed E-state index contributed by atoms with van der Waals surface area (Å²) in [6, 6.07) is 6.90. The third-order valence-electron chi connectivity index (χ3n) is 3.48. The van der Waals surface area contributed by atoms with Crippen LogP contribution in [0.1, 0.15) is 32.3 Å². The van der Waals surface area contributed by atoms with Crippen LogP contribution in [0.15, 0.2) is 22.7 Å². The van der Waals surface area contributed by atoms with Gasteiger partial charge < -0.3 is 15.4 Å². The molecule has 0 unspecified atom stereocenters. The van der Waals surface area contributed by atoms with Crippen LogP contribution in [0.5, 0.6) is 0 Å². The van der Waals surface area contributed by atoms with E-state index in [2.05, 4.69) is 52.9 Å². The molecule has 2 N–H and O–H groups in total. The average molecular weight is 329 g/mol. The number of nitrogens with two attached hydrogens (primary N) is 1. The van der Waals surface area contributed by atoms with Gasteiger partial charge in [0.1, 0.15) is 0 Å². The fourth-order valence-electron chi connectivity index (χ4n) is 2.33. The molecule has 0 aliphatic heterocycles. The highest BCUT2D eigenvalue weighted by atomic mass is 79.9. The molecule has 0 aliphatic rings. The summed E-state index contributed by atoms with van der Waals surface area (Å²) in [5.41, 5.74) is 8.05. The van der Waals surface area contributed by atoms with E-state index in [0.29, 0.717) is 12.6 Å². The van der Waals surface area contributed by atoms with Crippen LogP contribution in [0, 0.1) is 0 Å². The monoisotopic (exact) mass is 328 g/mol. The Hall–Kier alpha value is -0.580. The maximum Gasteiger partial charge on any atom is 0.0637 e. The first kappa shape index (κ1) is 16.5. The Bertz CT molecular complexity index is 380. The molecule has 0 fully saturated rings. The summed E-state index contributed by atoms with van der Waals surface area (Å²) >= 11 is 3.67. The smallest absolute Gasteiger partial charge is 0.0637 e. The van der Waals surface area contributed by atoms with Gasteiger partial charge in [-0.25, -0.2) is 0 Å². The Morgan fingerprint density at radius 3 is 2.47 bits per heavy atom. The van der Waals surface area contributed by atoms with E-state index in [1.807, 2.05) is 0 Å². The number of nitrogens with zero attached hydrogens (tertiary/aromatic N) is 1. The van der Waals surface area contributed by atoms with Crippen LogP contribution < -0.4 is 10.6 Å². The molecule has 0 radical (unpaired) electrons. The molecule has 0 saturated heterocycles. The summed E-state index contributed by atoms with van der Waals surface area (Å²) in [6.45, 7) is 6.68. The van der Waals surface area contributed by atoms with Crippen LogP contribution in [0.3, 0.4) is 0 Å². The van der Waals surface area contributed by atoms with Gasteiger partial charge in [0.15, 0.2) is 0 Å². The Kier molecular flexibility index (Phi) is 7.42. The van der Waals surface area contributed by atoms with Gasteiger partial charge in [0, 0.05) is 30.7 Å². The number of hydrogen-bond acceptors (Lipinski definition) is 3. The quantitative estimate of drug-likeness (QED) is 0.793. The van der Waals surface area contributed by atoms with Crippen molar-refractivity contribution < 1.29 is 4.74 Å². The first-order chi connectivity index (χ1) is 9.17. The van der Waals surface area contributed by atoms with E-state index in [4.69, 9.17) is 10.5 Å². The van der Waals surface area contributed by atoms with Crippen LogP contribution in [-0.2, 0) is 11.3 Å². The van der Waals surface area contributed by atoms with Crippen molar-refractivity contribution in [3.8, 4) is 0 Å². The summed E-state index contributed by atoms with van der Waals surface area (Å²) in [5, 5.41) is 0. The number of ether oxygens (including phenoxy) is 1. The minimum Gasteiger partial charge on any atom is -0.383 e. The lowest BCUT2D eigenvalue weighted by Crippen LogP contribution is -2.37. The molecule has 3 nitrogen and oxygen atoms in total. The van der Waals surface area contributed by atoms with E-state index in [1.54, 1.807) is 7.11 Å². The van der Waals surface area contributed by atoms with Crippen molar-refractivity contribution in [2.45, 2.75) is 39.3 Å². The summed E-state index contributed by atoms with van der Waals surface area (Å²) in [5.74, 6) is 0. The molecule has 0 atom stereocenters. The fraction of sp³-hybridized carbons (Fsp3) is 0.600. The number of benzene rings is 1. The zero-order chi connectivity index (χ0) is 14.3. The highest BCUT2D eigenvalue weighted by Crippen LogP contribution is 2.30. The third-order valence-corrected chi connectivity index (χ3v) is 4.11. The molecular weight excluding hydrogens is 304 g/mol. The lowest BCUT2D eigenvalue weighted by molar-refractivity contribution is 0.202. The number of methoxy groups -OCH3 is 1. The molecule has 0 heterocycles. The van der Waals surface area contributed by atoms with Gasteiger partial charge in [-0.2, -0.15) is 0 Å². The SMILES string of the molecule is CCC(CC)N(CCOC)c1ccc(CN)cc1Br. The Balaban J connectivity index is 3.01. The molecular formula is C15H25BrN2O. The van der Waals surface area contributed by atoms with E-state index in [9.17, 15) is 0 Å². The van der Waals surface area contributed by atoms with Crippen LogP contribution in [0.2, 0.25) is 0 Å². The summed E-state index contributed by atoms with van der Waals surface area (Å²) in [6.07, 6.45) is 2.26. The van der Waals surface area contributed by atoms with E-state index >= 15 is 0 Å². The van der Waals surface area contributed by atoms with Gasteiger partial charge >= 0.3 is 0 Å². The minimum absolute atomic E-state index is 0.537. The molecule has 0 amide bonds. The predicted molar refractivity (Wildman–Crippen MR) is 85.6 cm³/mol.